The number of esters is 1. The summed E-state index contributed by atoms with van der Waals surface area (Å²) >= 11 is 1.60. The number of hydrogen-bond acceptors (Lipinski definition) is 5. The smallest absolute Gasteiger partial charge is 0.314 e. The van der Waals surface area contributed by atoms with E-state index in [0.717, 1.165) is 40.6 Å². The van der Waals surface area contributed by atoms with Crippen molar-refractivity contribution in [3.8, 4) is 0 Å². The molecule has 0 saturated carbocycles. The van der Waals surface area contributed by atoms with E-state index in [1.54, 1.807) is 18.3 Å². The number of aromatic amines is 1. The molecule has 1 aromatic carbocycles. The van der Waals surface area contributed by atoms with E-state index in [9.17, 15) is 9.59 Å². The second-order valence-electron chi connectivity index (χ2n) is 7.93. The molecule has 0 aliphatic heterocycles. The maximum atomic E-state index is 12.8. The summed E-state index contributed by atoms with van der Waals surface area (Å²) in [5, 5.41) is 0.717. The Kier molecular flexibility index (Phi) is 5.54. The number of aryl methyl sites for hydroxylation is 1. The summed E-state index contributed by atoms with van der Waals surface area (Å²) < 4.78 is 5.70. The van der Waals surface area contributed by atoms with Gasteiger partial charge in [0.25, 0.3) is 5.56 Å². The summed E-state index contributed by atoms with van der Waals surface area (Å²) in [7, 11) is 0. The molecule has 0 bridgehead atoms. The van der Waals surface area contributed by atoms with Gasteiger partial charge in [0.05, 0.1) is 11.3 Å². The van der Waals surface area contributed by atoms with Crippen LogP contribution in [0.3, 0.4) is 0 Å². The molecule has 1 aliphatic rings. The molecule has 1 aliphatic carbocycles. The third-order valence-corrected chi connectivity index (χ3v) is 6.90. The van der Waals surface area contributed by atoms with Crippen molar-refractivity contribution >= 4 is 27.5 Å². The van der Waals surface area contributed by atoms with Gasteiger partial charge in [-0.3, -0.25) is 9.59 Å². The average molecular weight is 411 g/mol. The minimum Gasteiger partial charge on any atom is -0.454 e. The Bertz CT molecular complexity index is 1090. The van der Waals surface area contributed by atoms with Crippen molar-refractivity contribution < 1.29 is 9.53 Å². The largest absolute Gasteiger partial charge is 0.454 e. The fraction of sp³-hybridized carbons (Fsp3) is 0.435. The van der Waals surface area contributed by atoms with Gasteiger partial charge >= 0.3 is 5.97 Å². The van der Waals surface area contributed by atoms with Crippen LogP contribution in [0.4, 0.5) is 0 Å². The number of thiophene rings is 1. The van der Waals surface area contributed by atoms with E-state index in [1.807, 2.05) is 37.3 Å². The van der Waals surface area contributed by atoms with E-state index in [0.29, 0.717) is 18.2 Å². The number of ether oxygens (including phenoxy) is 1. The van der Waals surface area contributed by atoms with Gasteiger partial charge in [0, 0.05) is 4.88 Å². The van der Waals surface area contributed by atoms with Crippen LogP contribution in [0, 0.1) is 5.92 Å². The van der Waals surface area contributed by atoms with Crippen LogP contribution in [0.1, 0.15) is 67.5 Å². The standard InChI is InChI=1S/C23H26N2O3S/c1-4-16(15-8-6-5-7-9-15)23(27)28-14(3)20-24-21(26)19-17-11-10-13(2)12-18(17)29-22(19)25-20/h5-9,13-14,16H,4,10-12H2,1-3H3,(H,24,25,26)/t13-,14+,16+/m1/s1. The van der Waals surface area contributed by atoms with Gasteiger partial charge in [0.15, 0.2) is 11.9 Å². The highest BCUT2D eigenvalue weighted by Gasteiger charge is 2.26. The summed E-state index contributed by atoms with van der Waals surface area (Å²) in [5.41, 5.74) is 1.96. The Balaban J connectivity index is 1.59. The van der Waals surface area contributed by atoms with Crippen LogP contribution in [0.5, 0.6) is 0 Å². The Labute approximate surface area is 174 Å². The molecular weight excluding hydrogens is 384 g/mol. The molecule has 1 N–H and O–H groups in total. The first-order valence-electron chi connectivity index (χ1n) is 10.3. The Morgan fingerprint density at radius 3 is 2.83 bits per heavy atom. The number of nitrogens with zero attached hydrogens (tertiary/aromatic N) is 1. The molecule has 0 fully saturated rings. The van der Waals surface area contributed by atoms with Crippen LogP contribution < -0.4 is 5.56 Å². The first kappa shape index (κ1) is 19.8. The molecule has 152 valence electrons. The maximum Gasteiger partial charge on any atom is 0.314 e. The summed E-state index contributed by atoms with van der Waals surface area (Å²) in [5.74, 6) is 0.418. The number of carbonyl (C=O) groups is 1. The lowest BCUT2D eigenvalue weighted by Crippen LogP contribution is -2.21. The van der Waals surface area contributed by atoms with Gasteiger partial charge < -0.3 is 9.72 Å². The molecule has 29 heavy (non-hydrogen) atoms. The second-order valence-corrected chi connectivity index (χ2v) is 9.02. The first-order chi connectivity index (χ1) is 14.0. The maximum absolute atomic E-state index is 12.8. The van der Waals surface area contributed by atoms with Crippen molar-refractivity contribution in [2.75, 3.05) is 0 Å². The molecule has 2 aromatic heterocycles. The Morgan fingerprint density at radius 2 is 2.10 bits per heavy atom. The van der Waals surface area contributed by atoms with Gasteiger partial charge in [-0.2, -0.15) is 0 Å². The molecule has 4 rings (SSSR count). The number of H-pyrrole nitrogens is 1. The van der Waals surface area contributed by atoms with Crippen molar-refractivity contribution in [1.82, 2.24) is 9.97 Å². The Hall–Kier alpha value is -2.47. The highest BCUT2D eigenvalue weighted by molar-refractivity contribution is 7.18. The Morgan fingerprint density at radius 1 is 1.34 bits per heavy atom. The average Bonchev–Trinajstić information content (AvgIpc) is 3.07. The molecule has 5 nitrogen and oxygen atoms in total. The fourth-order valence-corrected chi connectivity index (χ4v) is 5.48. The van der Waals surface area contributed by atoms with Gasteiger partial charge in [-0.25, -0.2) is 4.98 Å². The van der Waals surface area contributed by atoms with Gasteiger partial charge in [-0.1, -0.05) is 44.2 Å². The van der Waals surface area contributed by atoms with Gasteiger partial charge in [-0.15, -0.1) is 11.3 Å². The van der Waals surface area contributed by atoms with Crippen molar-refractivity contribution in [2.45, 2.75) is 58.5 Å². The number of nitrogens with one attached hydrogen (secondary N) is 1. The SMILES string of the molecule is CC[C@H](C(=O)O[C@@H](C)c1nc2sc3c(c2c(=O)[nH]1)CC[C@@H](C)C3)c1ccccc1. The summed E-state index contributed by atoms with van der Waals surface area (Å²) in [4.78, 5) is 35.1. The summed E-state index contributed by atoms with van der Waals surface area (Å²) in [6.45, 7) is 5.97. The van der Waals surface area contributed by atoms with Crippen LogP contribution >= 0.6 is 11.3 Å². The highest BCUT2D eigenvalue weighted by atomic mass is 32.1. The van der Waals surface area contributed by atoms with Gasteiger partial charge in [-0.05, 0) is 49.7 Å². The quantitative estimate of drug-likeness (QED) is 0.607. The van der Waals surface area contributed by atoms with E-state index in [1.165, 1.54) is 4.88 Å². The van der Waals surface area contributed by atoms with Crippen molar-refractivity contribution in [1.29, 1.82) is 0 Å². The number of carbonyl (C=O) groups excluding carboxylic acids is 1. The minimum absolute atomic E-state index is 0.130. The van der Waals surface area contributed by atoms with Crippen LogP contribution in [0.25, 0.3) is 10.2 Å². The molecule has 0 spiro atoms. The zero-order valence-electron chi connectivity index (χ0n) is 17.0. The molecule has 2 heterocycles. The summed E-state index contributed by atoms with van der Waals surface area (Å²) in [6, 6.07) is 9.63. The van der Waals surface area contributed by atoms with Crippen LogP contribution in [0.2, 0.25) is 0 Å². The van der Waals surface area contributed by atoms with E-state index >= 15 is 0 Å². The second kappa shape index (κ2) is 8.11. The fourth-order valence-electron chi connectivity index (χ4n) is 4.09. The molecular formula is C23H26N2O3S. The zero-order valence-corrected chi connectivity index (χ0v) is 17.8. The van der Waals surface area contributed by atoms with Crippen molar-refractivity contribution in [2.24, 2.45) is 5.92 Å². The number of hydrogen-bond donors (Lipinski definition) is 1. The van der Waals surface area contributed by atoms with E-state index in [2.05, 4.69) is 16.9 Å². The van der Waals surface area contributed by atoms with Crippen molar-refractivity contribution in [3.05, 3.63) is 62.5 Å². The highest BCUT2D eigenvalue weighted by Crippen LogP contribution is 2.36. The predicted octanol–water partition coefficient (Wildman–Crippen LogP) is 4.91. The molecule has 6 heteroatoms. The molecule has 3 aromatic rings. The van der Waals surface area contributed by atoms with Gasteiger partial charge in [0.2, 0.25) is 0 Å². The van der Waals surface area contributed by atoms with Crippen molar-refractivity contribution in [3.63, 3.8) is 0 Å². The number of fused-ring (bicyclic) bond motifs is 3. The molecule has 3 atom stereocenters. The molecule has 0 radical (unpaired) electrons. The van der Waals surface area contributed by atoms with Gasteiger partial charge in [0.1, 0.15) is 4.83 Å². The number of rotatable bonds is 5. The molecule has 0 unspecified atom stereocenters. The van der Waals surface area contributed by atoms with E-state index in [-0.39, 0.29) is 17.4 Å². The lowest BCUT2D eigenvalue weighted by molar-refractivity contribution is -0.151. The van der Waals surface area contributed by atoms with Crippen LogP contribution in [-0.2, 0) is 22.4 Å². The number of aromatic nitrogens is 2. The number of benzene rings is 1. The normalized spacial score (nSPS) is 18.2. The minimum atomic E-state index is -0.615. The monoisotopic (exact) mass is 410 g/mol. The van der Waals surface area contributed by atoms with Crippen LogP contribution in [0.15, 0.2) is 35.1 Å². The first-order valence-corrected chi connectivity index (χ1v) is 11.1. The van der Waals surface area contributed by atoms with Crippen LogP contribution in [-0.4, -0.2) is 15.9 Å². The third-order valence-electron chi connectivity index (χ3n) is 5.76. The zero-order chi connectivity index (χ0) is 20.5. The lowest BCUT2D eigenvalue weighted by atomic mass is 9.89. The summed E-state index contributed by atoms with van der Waals surface area (Å²) in [6.07, 6.45) is 3.07. The van der Waals surface area contributed by atoms with E-state index < -0.39 is 6.10 Å². The van der Waals surface area contributed by atoms with E-state index in [4.69, 9.17) is 4.74 Å². The predicted molar refractivity (Wildman–Crippen MR) is 115 cm³/mol. The lowest BCUT2D eigenvalue weighted by Gasteiger charge is -2.18. The third kappa shape index (κ3) is 3.86. The molecule has 0 saturated heterocycles. The molecule has 0 amide bonds. The topological polar surface area (TPSA) is 72.0 Å².